The number of hydrogen-bond donors (Lipinski definition) is 0. The molecular formula is C9H17Cl2Zr-5. The van der Waals surface area contributed by atoms with E-state index >= 15 is 0 Å². The monoisotopic (exact) mass is 285 g/mol. The number of rotatable bonds is 0. The van der Waals surface area contributed by atoms with Gasteiger partial charge >= 0.3 is 26.2 Å². The second kappa shape index (κ2) is 40.5. The Morgan fingerprint density at radius 3 is 1.42 bits per heavy atom. The number of allylic oxidation sites excluding steroid dienone is 4. The zero-order valence-corrected chi connectivity index (χ0v) is 12.2. The Morgan fingerprint density at radius 1 is 0.917 bits per heavy atom. The fraction of sp³-hybridized carbons (Fsp3) is 0.111. The van der Waals surface area contributed by atoms with Gasteiger partial charge in [-0.15, -0.1) is 6.42 Å². The zero-order chi connectivity index (χ0) is 3.54. The molecule has 0 aromatic heterocycles. The largest absolute Gasteiger partial charge is 2.00 e. The van der Waals surface area contributed by atoms with Crippen LogP contribution in [0.3, 0.4) is 0 Å². The van der Waals surface area contributed by atoms with Crippen molar-refractivity contribution in [2.45, 2.75) is 6.42 Å². The normalized spacial score (nSPS) is 7.33. The standard InChI is InChI=1S/C5H5.4CH3.2ClH.Zr/c1-2-4-5-3-1;;;;;;;/h1-3H,4H2;4*1H3;2*1H;/q5*-1;;;+2/p-2. The van der Waals surface area contributed by atoms with Crippen molar-refractivity contribution >= 4 is 0 Å². The molecular weight excluding hydrogens is 270 g/mol. The van der Waals surface area contributed by atoms with Gasteiger partial charge < -0.3 is 54.5 Å². The minimum Gasteiger partial charge on any atom is -1.00 e. The van der Waals surface area contributed by atoms with E-state index in [1.807, 2.05) is 12.2 Å². The Bertz CT molecular complexity index is 70.6. The van der Waals surface area contributed by atoms with Crippen LogP contribution in [0.5, 0.6) is 0 Å². The van der Waals surface area contributed by atoms with Crippen LogP contribution in [0.1, 0.15) is 6.42 Å². The molecule has 0 heterocycles. The maximum Gasteiger partial charge on any atom is 2.00 e. The number of halogens is 2. The number of hydrogen-bond acceptors (Lipinski definition) is 0. The fourth-order valence-corrected chi connectivity index (χ4v) is 0.340. The smallest absolute Gasteiger partial charge is 1.00 e. The van der Waals surface area contributed by atoms with Crippen LogP contribution in [-0.2, 0) is 26.2 Å². The van der Waals surface area contributed by atoms with Gasteiger partial charge in [0.25, 0.3) is 0 Å². The van der Waals surface area contributed by atoms with Crippen LogP contribution in [0.4, 0.5) is 0 Å². The van der Waals surface area contributed by atoms with Crippen molar-refractivity contribution in [1.29, 1.82) is 0 Å². The molecule has 0 spiro atoms. The summed E-state index contributed by atoms with van der Waals surface area (Å²) in [6.45, 7) is 0. The minimum atomic E-state index is 0. The molecule has 0 fully saturated rings. The van der Waals surface area contributed by atoms with E-state index < -0.39 is 0 Å². The summed E-state index contributed by atoms with van der Waals surface area (Å²) in [4.78, 5) is 0. The Morgan fingerprint density at radius 2 is 1.33 bits per heavy atom. The molecule has 1 aliphatic carbocycles. The van der Waals surface area contributed by atoms with E-state index in [-0.39, 0.29) is 80.7 Å². The van der Waals surface area contributed by atoms with Gasteiger partial charge in [-0.3, -0.25) is 6.08 Å². The molecule has 1 rings (SSSR count). The van der Waals surface area contributed by atoms with Gasteiger partial charge in [-0.1, -0.05) is 0 Å². The van der Waals surface area contributed by atoms with Crippen molar-refractivity contribution in [2.24, 2.45) is 0 Å². The molecule has 0 saturated carbocycles. The van der Waals surface area contributed by atoms with Crippen LogP contribution in [-0.4, -0.2) is 0 Å². The molecule has 0 aromatic carbocycles. The molecule has 0 nitrogen and oxygen atoms in total. The molecule has 3 heteroatoms. The third-order valence-electron chi connectivity index (χ3n) is 0.586. The second-order valence-corrected chi connectivity index (χ2v) is 1.00. The molecule has 0 bridgehead atoms. The Balaban J connectivity index is -0.00000000714. The molecule has 0 unspecified atom stereocenters. The Hall–Kier alpha value is 0.943. The summed E-state index contributed by atoms with van der Waals surface area (Å²) in [6.07, 6.45) is 10.0. The molecule has 12 heavy (non-hydrogen) atoms. The molecule has 0 atom stereocenters. The summed E-state index contributed by atoms with van der Waals surface area (Å²) in [5.74, 6) is 0. The summed E-state index contributed by atoms with van der Waals surface area (Å²) in [7, 11) is 0. The van der Waals surface area contributed by atoms with Crippen molar-refractivity contribution in [3.05, 3.63) is 54.0 Å². The maximum absolute atomic E-state index is 2.99. The summed E-state index contributed by atoms with van der Waals surface area (Å²) in [5, 5.41) is 0. The maximum atomic E-state index is 2.99. The third-order valence-corrected chi connectivity index (χ3v) is 0.586. The van der Waals surface area contributed by atoms with Gasteiger partial charge in [0, 0.05) is 0 Å². The van der Waals surface area contributed by atoms with Crippen molar-refractivity contribution in [3.63, 3.8) is 0 Å². The van der Waals surface area contributed by atoms with Gasteiger partial charge in [-0.25, -0.2) is 12.2 Å². The zero-order valence-electron chi connectivity index (χ0n) is 8.20. The van der Waals surface area contributed by atoms with Crippen molar-refractivity contribution in [1.82, 2.24) is 0 Å². The van der Waals surface area contributed by atoms with Crippen molar-refractivity contribution in [3.8, 4) is 0 Å². The average Bonchev–Trinajstić information content (AvgIpc) is 1.76. The summed E-state index contributed by atoms with van der Waals surface area (Å²) >= 11 is 0. The van der Waals surface area contributed by atoms with Gasteiger partial charge in [0.15, 0.2) is 0 Å². The van der Waals surface area contributed by atoms with E-state index in [0.29, 0.717) is 0 Å². The van der Waals surface area contributed by atoms with E-state index in [0.717, 1.165) is 6.42 Å². The van der Waals surface area contributed by atoms with Gasteiger partial charge in [-0.2, -0.15) is 6.08 Å². The van der Waals surface area contributed by atoms with E-state index in [9.17, 15) is 0 Å². The SMILES string of the molecule is [C-]1=CC=CC1.[CH3-].[CH3-].[CH3-].[CH3-].[Cl-].[Cl-].[Zr+2]. The van der Waals surface area contributed by atoms with E-state index in [2.05, 4.69) is 12.2 Å². The summed E-state index contributed by atoms with van der Waals surface area (Å²) in [5.41, 5.74) is 0. The Labute approximate surface area is 111 Å². The minimum absolute atomic E-state index is 0. The molecule has 0 saturated heterocycles. The van der Waals surface area contributed by atoms with Gasteiger partial charge in [0.2, 0.25) is 0 Å². The molecule has 0 amide bonds. The van der Waals surface area contributed by atoms with E-state index in [4.69, 9.17) is 0 Å². The summed E-state index contributed by atoms with van der Waals surface area (Å²) in [6, 6.07) is 0. The predicted octanol–water partition coefficient (Wildman–Crippen LogP) is -2.89. The van der Waals surface area contributed by atoms with Gasteiger partial charge in [0.1, 0.15) is 0 Å². The Kier molecular flexibility index (Phi) is 176. The predicted molar refractivity (Wildman–Crippen MR) is 47.2 cm³/mol. The van der Waals surface area contributed by atoms with Crippen LogP contribution >= 0.6 is 0 Å². The molecule has 0 radical (unpaired) electrons. The second-order valence-electron chi connectivity index (χ2n) is 1.00. The molecule has 1 aliphatic rings. The molecule has 76 valence electrons. The molecule has 0 aromatic rings. The van der Waals surface area contributed by atoms with Gasteiger partial charge in [0.05, 0.1) is 0 Å². The average molecular weight is 287 g/mol. The van der Waals surface area contributed by atoms with Crippen LogP contribution in [0.25, 0.3) is 0 Å². The van der Waals surface area contributed by atoms with Crippen LogP contribution < -0.4 is 24.8 Å². The van der Waals surface area contributed by atoms with Crippen molar-refractivity contribution < 1.29 is 51.0 Å². The van der Waals surface area contributed by atoms with Crippen LogP contribution in [0.15, 0.2) is 18.2 Å². The first-order valence-corrected chi connectivity index (χ1v) is 1.72. The molecule has 0 N–H and O–H groups in total. The van der Waals surface area contributed by atoms with Crippen molar-refractivity contribution in [2.75, 3.05) is 0 Å². The van der Waals surface area contributed by atoms with Crippen LogP contribution in [0, 0.1) is 35.8 Å². The third kappa shape index (κ3) is 30.6. The quantitative estimate of drug-likeness (QED) is 0.420. The first kappa shape index (κ1) is 52.3. The fourth-order valence-electron chi connectivity index (χ4n) is 0.340. The molecule has 0 aliphatic heterocycles. The first-order chi connectivity index (χ1) is 2.50. The van der Waals surface area contributed by atoms with Gasteiger partial charge in [-0.05, 0) is 0 Å². The van der Waals surface area contributed by atoms with Crippen LogP contribution in [0.2, 0.25) is 0 Å². The topological polar surface area (TPSA) is 0 Å². The first-order valence-electron chi connectivity index (χ1n) is 1.72. The summed E-state index contributed by atoms with van der Waals surface area (Å²) < 4.78 is 0. The van der Waals surface area contributed by atoms with E-state index in [1.165, 1.54) is 0 Å². The van der Waals surface area contributed by atoms with E-state index in [1.54, 1.807) is 0 Å².